The van der Waals surface area contributed by atoms with Gasteiger partial charge in [-0.2, -0.15) is 0 Å². The highest BCUT2D eigenvalue weighted by molar-refractivity contribution is 7.92. The molecule has 0 fully saturated rings. The first kappa shape index (κ1) is 19.1. The Labute approximate surface area is 160 Å². The van der Waals surface area contributed by atoms with Crippen molar-refractivity contribution in [1.29, 1.82) is 0 Å². The number of fused-ring (bicyclic) bond motifs is 1. The van der Waals surface area contributed by atoms with E-state index in [1.807, 2.05) is 0 Å². The van der Waals surface area contributed by atoms with Gasteiger partial charge in [-0.25, -0.2) is 13.2 Å². The maximum Gasteiger partial charge on any atom is 0.328 e. The molecular weight excluding hydrogens is 394 g/mol. The van der Waals surface area contributed by atoms with Crippen molar-refractivity contribution in [2.75, 3.05) is 18.9 Å². The fourth-order valence-corrected chi connectivity index (χ4v) is 4.41. The molecule has 0 saturated heterocycles. The Morgan fingerprint density at radius 2 is 1.56 bits per heavy atom. The zero-order valence-electron chi connectivity index (χ0n) is 15.1. The van der Waals surface area contributed by atoms with Crippen LogP contribution in [0.4, 0.5) is 5.69 Å². The standard InChI is InChI=1S/C17H18ClN3O5S/c1-20-12-8-11(18)16(9-13(12)21(2)17(20)22)27(23,24)19-10-5-6-14(25-3)15(7-10)26-4/h5-9,19H,1-4H3. The van der Waals surface area contributed by atoms with Crippen molar-refractivity contribution in [2.24, 2.45) is 14.1 Å². The van der Waals surface area contributed by atoms with Crippen molar-refractivity contribution in [2.45, 2.75) is 4.90 Å². The summed E-state index contributed by atoms with van der Waals surface area (Å²) < 4.78 is 41.3. The number of aryl methyl sites for hydroxylation is 2. The molecule has 0 unspecified atom stereocenters. The molecule has 0 aliphatic heterocycles. The number of ether oxygens (including phenoxy) is 2. The maximum atomic E-state index is 12.9. The molecule has 0 radical (unpaired) electrons. The molecule has 1 N–H and O–H groups in total. The average Bonchev–Trinajstić information content (AvgIpc) is 2.84. The first-order valence-corrected chi connectivity index (χ1v) is 9.65. The lowest BCUT2D eigenvalue weighted by molar-refractivity contribution is 0.355. The summed E-state index contributed by atoms with van der Waals surface area (Å²) in [5.41, 5.74) is 1.01. The number of anilines is 1. The summed E-state index contributed by atoms with van der Waals surface area (Å²) in [5.74, 6) is 0.851. The molecule has 8 nitrogen and oxygen atoms in total. The second-order valence-corrected chi connectivity index (χ2v) is 7.91. The van der Waals surface area contributed by atoms with E-state index in [4.69, 9.17) is 21.1 Å². The molecule has 10 heteroatoms. The number of sulfonamides is 1. The normalized spacial score (nSPS) is 11.6. The van der Waals surface area contributed by atoms with Crippen LogP contribution in [0, 0.1) is 0 Å². The minimum absolute atomic E-state index is 0.0108. The monoisotopic (exact) mass is 411 g/mol. The minimum atomic E-state index is -4.00. The van der Waals surface area contributed by atoms with Gasteiger partial charge < -0.3 is 9.47 Å². The van der Waals surface area contributed by atoms with Crippen LogP contribution >= 0.6 is 11.6 Å². The summed E-state index contributed by atoms with van der Waals surface area (Å²) in [4.78, 5) is 11.9. The zero-order valence-corrected chi connectivity index (χ0v) is 16.7. The molecule has 0 bridgehead atoms. The Hall–Kier alpha value is -2.65. The first-order chi connectivity index (χ1) is 12.7. The van der Waals surface area contributed by atoms with Gasteiger partial charge in [0.25, 0.3) is 10.0 Å². The van der Waals surface area contributed by atoms with Crippen LogP contribution in [0.2, 0.25) is 5.02 Å². The quantitative estimate of drug-likeness (QED) is 0.695. The first-order valence-electron chi connectivity index (χ1n) is 7.79. The van der Waals surface area contributed by atoms with Crippen LogP contribution in [0.3, 0.4) is 0 Å². The Balaban J connectivity index is 2.09. The fraction of sp³-hybridized carbons (Fsp3) is 0.235. The molecule has 2 aromatic carbocycles. The molecule has 27 heavy (non-hydrogen) atoms. The van der Waals surface area contributed by atoms with Crippen molar-refractivity contribution in [3.63, 3.8) is 0 Å². The fourth-order valence-electron chi connectivity index (χ4n) is 2.82. The largest absolute Gasteiger partial charge is 0.493 e. The highest BCUT2D eigenvalue weighted by atomic mass is 35.5. The number of hydrogen-bond acceptors (Lipinski definition) is 5. The molecule has 0 saturated carbocycles. The van der Waals surface area contributed by atoms with E-state index in [2.05, 4.69) is 4.72 Å². The maximum absolute atomic E-state index is 12.9. The van der Waals surface area contributed by atoms with Crippen molar-refractivity contribution < 1.29 is 17.9 Å². The number of benzene rings is 2. The summed E-state index contributed by atoms with van der Waals surface area (Å²) in [5, 5.41) is 0.0108. The van der Waals surface area contributed by atoms with Gasteiger partial charge in [0.05, 0.1) is 36.0 Å². The van der Waals surface area contributed by atoms with Gasteiger partial charge in [-0.15, -0.1) is 0 Å². The summed E-state index contributed by atoms with van der Waals surface area (Å²) in [7, 11) is 2.10. The molecule has 1 aromatic heterocycles. The molecule has 0 aliphatic carbocycles. The van der Waals surface area contributed by atoms with Gasteiger partial charge in [0.15, 0.2) is 11.5 Å². The van der Waals surface area contributed by atoms with Crippen LogP contribution < -0.4 is 19.9 Å². The number of rotatable bonds is 5. The molecule has 144 valence electrons. The van der Waals surface area contributed by atoms with E-state index >= 15 is 0 Å². The molecule has 0 atom stereocenters. The average molecular weight is 412 g/mol. The number of aromatic nitrogens is 2. The Kier molecular flexibility index (Phi) is 4.83. The van der Waals surface area contributed by atoms with E-state index in [1.165, 1.54) is 41.6 Å². The molecular formula is C17H18ClN3O5S. The van der Waals surface area contributed by atoms with E-state index in [-0.39, 0.29) is 21.3 Å². The second-order valence-electron chi connectivity index (χ2n) is 5.85. The van der Waals surface area contributed by atoms with Crippen molar-refractivity contribution >= 4 is 38.3 Å². The molecule has 1 heterocycles. The van der Waals surface area contributed by atoms with Crippen LogP contribution in [0.5, 0.6) is 11.5 Å². The Morgan fingerprint density at radius 3 is 2.15 bits per heavy atom. The van der Waals surface area contributed by atoms with Gasteiger partial charge in [0.2, 0.25) is 0 Å². The summed E-state index contributed by atoms with van der Waals surface area (Å²) in [6, 6.07) is 7.47. The van der Waals surface area contributed by atoms with E-state index < -0.39 is 10.0 Å². The van der Waals surface area contributed by atoms with Crippen LogP contribution in [-0.4, -0.2) is 31.8 Å². The molecule has 0 aliphatic rings. The van der Waals surface area contributed by atoms with Gasteiger partial charge >= 0.3 is 5.69 Å². The van der Waals surface area contributed by atoms with Gasteiger partial charge in [0.1, 0.15) is 4.90 Å². The number of imidazole rings is 1. The summed E-state index contributed by atoms with van der Waals surface area (Å²) >= 11 is 6.21. The molecule has 0 spiro atoms. The Morgan fingerprint density at radius 1 is 0.963 bits per heavy atom. The predicted molar refractivity (Wildman–Crippen MR) is 104 cm³/mol. The van der Waals surface area contributed by atoms with Crippen molar-refractivity contribution in [3.05, 3.63) is 45.8 Å². The van der Waals surface area contributed by atoms with Gasteiger partial charge in [-0.05, 0) is 24.3 Å². The number of halogens is 1. The summed E-state index contributed by atoms with van der Waals surface area (Å²) in [6.07, 6.45) is 0. The third-order valence-electron chi connectivity index (χ3n) is 4.25. The third-order valence-corrected chi connectivity index (χ3v) is 6.10. The van der Waals surface area contributed by atoms with Crippen LogP contribution in [0.25, 0.3) is 11.0 Å². The van der Waals surface area contributed by atoms with E-state index in [9.17, 15) is 13.2 Å². The topological polar surface area (TPSA) is 91.6 Å². The van der Waals surface area contributed by atoms with E-state index in [1.54, 1.807) is 26.2 Å². The highest BCUT2D eigenvalue weighted by Gasteiger charge is 2.22. The van der Waals surface area contributed by atoms with Crippen LogP contribution in [0.15, 0.2) is 40.0 Å². The zero-order chi connectivity index (χ0) is 19.9. The van der Waals surface area contributed by atoms with E-state index in [0.717, 1.165) is 0 Å². The minimum Gasteiger partial charge on any atom is -0.493 e. The molecule has 3 aromatic rings. The van der Waals surface area contributed by atoms with Gasteiger partial charge in [-0.3, -0.25) is 13.9 Å². The second kappa shape index (κ2) is 6.82. The smallest absolute Gasteiger partial charge is 0.328 e. The van der Waals surface area contributed by atoms with Gasteiger partial charge in [0, 0.05) is 20.2 Å². The SMILES string of the molecule is COc1ccc(NS(=O)(=O)c2cc3c(cc2Cl)n(C)c(=O)n3C)cc1OC. The Bertz CT molecular complexity index is 1200. The lowest BCUT2D eigenvalue weighted by Gasteiger charge is -2.13. The molecule has 0 amide bonds. The number of nitrogens with zero attached hydrogens (tertiary/aromatic N) is 2. The number of hydrogen-bond donors (Lipinski definition) is 1. The third kappa shape index (κ3) is 3.24. The van der Waals surface area contributed by atoms with Crippen molar-refractivity contribution in [1.82, 2.24) is 9.13 Å². The predicted octanol–water partition coefficient (Wildman–Crippen LogP) is 2.35. The van der Waals surface area contributed by atoms with Crippen LogP contribution in [0.1, 0.15) is 0 Å². The van der Waals surface area contributed by atoms with Crippen LogP contribution in [-0.2, 0) is 24.1 Å². The lowest BCUT2D eigenvalue weighted by Crippen LogP contribution is -2.19. The van der Waals surface area contributed by atoms with Crippen molar-refractivity contribution in [3.8, 4) is 11.5 Å². The molecule has 3 rings (SSSR count). The number of methoxy groups -OCH3 is 2. The van der Waals surface area contributed by atoms with E-state index in [0.29, 0.717) is 22.5 Å². The summed E-state index contributed by atoms with van der Waals surface area (Å²) in [6.45, 7) is 0. The number of nitrogens with one attached hydrogen (secondary N) is 1. The van der Waals surface area contributed by atoms with Gasteiger partial charge in [-0.1, -0.05) is 11.6 Å². The lowest BCUT2D eigenvalue weighted by atomic mass is 10.3. The highest BCUT2D eigenvalue weighted by Crippen LogP contribution is 2.32.